The van der Waals surface area contributed by atoms with E-state index in [1.54, 1.807) is 0 Å². The first-order chi connectivity index (χ1) is 54.1. The second-order valence-electron chi connectivity index (χ2n) is 24.5. The van der Waals surface area contributed by atoms with Crippen LogP contribution in [-0.4, -0.2) is 367 Å². The van der Waals surface area contributed by atoms with Gasteiger partial charge in [-0.25, -0.2) is 103 Å². The number of carboxylic acids is 7. The Morgan fingerprint density at radius 2 is 0.643 bits per heavy atom. The van der Waals surface area contributed by atoms with Gasteiger partial charge in [0.25, 0.3) is 0 Å². The molecular weight excluding hydrogens is 1470 g/mol. The van der Waals surface area contributed by atoms with Gasteiger partial charge in [0.1, 0.15) is 85.0 Å². The van der Waals surface area contributed by atoms with Gasteiger partial charge < -0.3 is 106 Å². The number of ether oxygens (including phenoxy) is 2. The Bertz CT molecular complexity index is 4040. The summed E-state index contributed by atoms with van der Waals surface area (Å²) in [6, 6.07) is 10.1. The van der Waals surface area contributed by atoms with E-state index in [0.29, 0.717) is 85.9 Å². The van der Waals surface area contributed by atoms with Crippen LogP contribution in [0.25, 0.3) is 0 Å². The van der Waals surface area contributed by atoms with Crippen molar-refractivity contribution in [1.29, 1.82) is 0 Å². The number of morpholine rings is 2. The third kappa shape index (κ3) is 32.3. The monoisotopic (exact) mass is 1570 g/mol. The van der Waals surface area contributed by atoms with Gasteiger partial charge in [0.15, 0.2) is 39.9 Å². The van der Waals surface area contributed by atoms with E-state index in [1.165, 1.54) is 80.4 Å². The number of piperazine rings is 2. The van der Waals surface area contributed by atoms with Crippen molar-refractivity contribution in [2.75, 3.05) is 220 Å². The molecule has 5 aliphatic rings. The van der Waals surface area contributed by atoms with E-state index in [0.717, 1.165) is 144 Å². The van der Waals surface area contributed by atoms with Crippen molar-refractivity contribution < 1.29 is 99.2 Å². The van der Waals surface area contributed by atoms with Crippen LogP contribution in [0.5, 0.6) is 0 Å². The Hall–Kier alpha value is -11.9. The second kappa shape index (κ2) is 49.3. The molecule has 12 rings (SSSR count). The molecule has 44 nitrogen and oxygen atoms in total. The molecule has 7 aromatic heterocycles. The number of carbonyl (C=O) groups is 7. The highest BCUT2D eigenvalue weighted by molar-refractivity contribution is 5.89. The molecule has 0 amide bonds. The zero-order valence-electron chi connectivity index (χ0n) is 61.6. The van der Waals surface area contributed by atoms with Gasteiger partial charge >= 0.3 is 41.8 Å². The minimum atomic E-state index is -1.10. The molecule has 0 aliphatic carbocycles. The molecule has 0 saturated carbocycles. The van der Waals surface area contributed by atoms with Crippen LogP contribution in [0.15, 0.2) is 86.8 Å². The normalized spacial score (nSPS) is 15.1. The van der Waals surface area contributed by atoms with Crippen LogP contribution >= 0.6 is 0 Å². The van der Waals surface area contributed by atoms with Crippen LogP contribution in [0.3, 0.4) is 0 Å². The van der Waals surface area contributed by atoms with E-state index in [2.05, 4.69) is 112 Å². The Balaban J connectivity index is 0.000000204. The highest BCUT2D eigenvalue weighted by Crippen LogP contribution is 2.22. The number of aromatic nitrogens is 14. The number of likely N-dealkylation sites (N-methyl/N-ethyl adjacent to an activating group) is 1. The first kappa shape index (κ1) is 89.0. The van der Waals surface area contributed by atoms with Gasteiger partial charge in [-0.05, 0) is 45.2 Å². The highest BCUT2D eigenvalue weighted by atomic mass is 16.5. The minimum Gasteiger partial charge on any atom is -0.477 e. The number of aliphatic hydroxyl groups excluding tert-OH is 4. The summed E-state index contributed by atoms with van der Waals surface area (Å²) in [4.78, 5) is 143. The first-order valence-corrected chi connectivity index (χ1v) is 35.4. The summed E-state index contributed by atoms with van der Waals surface area (Å²) in [6.07, 6.45) is 12.1. The van der Waals surface area contributed by atoms with Gasteiger partial charge in [0, 0.05) is 173 Å². The smallest absolute Gasteiger partial charge is 0.354 e. The maximum atomic E-state index is 10.8. The molecule has 12 heterocycles. The minimum absolute atomic E-state index is 0.00526. The van der Waals surface area contributed by atoms with Crippen LogP contribution in [0, 0.1) is 5.92 Å². The quantitative estimate of drug-likeness (QED) is 0.0303. The summed E-state index contributed by atoms with van der Waals surface area (Å²) >= 11 is 0. The van der Waals surface area contributed by atoms with Gasteiger partial charge in [-0.1, -0.05) is 0 Å². The summed E-state index contributed by atoms with van der Waals surface area (Å²) in [6.45, 7) is 18.6. The fourth-order valence-electron chi connectivity index (χ4n) is 10.6. The number of aromatic carboxylic acids is 7. The maximum Gasteiger partial charge on any atom is 0.354 e. The van der Waals surface area contributed by atoms with E-state index in [9.17, 15) is 33.6 Å². The number of hydrogen-bond acceptors (Lipinski definition) is 37. The lowest BCUT2D eigenvalue weighted by atomic mass is 9.98. The van der Waals surface area contributed by atoms with Gasteiger partial charge in [-0.15, -0.1) is 0 Å². The van der Waals surface area contributed by atoms with E-state index < -0.39 is 41.8 Å². The molecule has 14 N–H and O–H groups in total. The SMILES string of the molecule is CN1CCN(c2cc(C(=O)O)ncn2)CC1.O=C(O)c1cc(N2CCC(CO)CC2)ncn1.O=C(O)c1cc(N2CCN(CCO)CC2)ncn1.O=C(O)c1cc(N2CCOCC2)ncn1.O=C(O)c1cc(NCCCN2CCOCC2)ncn1.O=C(O)c1cc(NCCCO)ncn1.O=C(O)c1cc(NCCO)ncn1. The molecule has 112 heavy (non-hydrogen) atoms. The molecule has 5 aliphatic heterocycles. The third-order valence-corrected chi connectivity index (χ3v) is 16.7. The molecule has 5 fully saturated rings. The summed E-state index contributed by atoms with van der Waals surface area (Å²) < 4.78 is 10.5. The number of rotatable bonds is 26. The van der Waals surface area contributed by atoms with Gasteiger partial charge in [0.05, 0.1) is 39.6 Å². The summed E-state index contributed by atoms with van der Waals surface area (Å²) in [7, 11) is 2.07. The first-order valence-electron chi connectivity index (χ1n) is 35.4. The molecule has 0 unspecified atom stereocenters. The predicted molar refractivity (Wildman–Crippen MR) is 400 cm³/mol. The molecule has 0 spiro atoms. The second-order valence-corrected chi connectivity index (χ2v) is 24.5. The van der Waals surface area contributed by atoms with E-state index >= 15 is 0 Å². The molecule has 7 aromatic rings. The van der Waals surface area contributed by atoms with Crippen LogP contribution in [-0.2, 0) is 9.47 Å². The van der Waals surface area contributed by atoms with Crippen molar-refractivity contribution in [1.82, 2.24) is 84.5 Å². The number of aliphatic hydroxyl groups is 4. The van der Waals surface area contributed by atoms with Crippen molar-refractivity contribution in [3.63, 3.8) is 0 Å². The van der Waals surface area contributed by atoms with Crippen molar-refractivity contribution in [2.24, 2.45) is 5.92 Å². The molecule has 0 atom stereocenters. The van der Waals surface area contributed by atoms with Crippen LogP contribution in [0.1, 0.15) is 99.1 Å². The molecular formula is C68H94N24O20. The molecule has 0 aromatic carbocycles. The number of nitrogens with one attached hydrogen (secondary N) is 3. The topological polar surface area (TPSA) is 600 Å². The Labute approximate surface area is 642 Å². The highest BCUT2D eigenvalue weighted by Gasteiger charge is 2.23. The molecule has 44 heteroatoms. The van der Waals surface area contributed by atoms with E-state index in [-0.39, 0.29) is 66.3 Å². The zero-order chi connectivity index (χ0) is 81.0. The Morgan fingerprint density at radius 3 is 0.982 bits per heavy atom. The van der Waals surface area contributed by atoms with Crippen molar-refractivity contribution >= 4 is 82.5 Å². The third-order valence-electron chi connectivity index (χ3n) is 16.7. The molecule has 606 valence electrons. The predicted octanol–water partition coefficient (Wildman–Crippen LogP) is -0.532. The number of hydrogen-bond donors (Lipinski definition) is 14. The van der Waals surface area contributed by atoms with E-state index in [1.807, 2.05) is 14.7 Å². The van der Waals surface area contributed by atoms with Crippen molar-refractivity contribution in [2.45, 2.75) is 25.7 Å². The fourth-order valence-corrected chi connectivity index (χ4v) is 10.6. The zero-order valence-corrected chi connectivity index (χ0v) is 61.6. The number of β-amino-alcohol motifs (C(OH)–C–C–N with tert-alkyl or cyclic N) is 1. The lowest BCUT2D eigenvalue weighted by Gasteiger charge is -2.34. The van der Waals surface area contributed by atoms with Crippen LogP contribution in [0.2, 0.25) is 0 Å². The van der Waals surface area contributed by atoms with Crippen molar-refractivity contribution in [3.05, 3.63) is 127 Å². The average Bonchev–Trinajstić information content (AvgIpc) is 0.870. The number of piperidine rings is 1. The molecule has 0 bridgehead atoms. The Kier molecular flexibility index (Phi) is 39.2. The van der Waals surface area contributed by atoms with Gasteiger partial charge in [-0.3, -0.25) is 9.80 Å². The lowest BCUT2D eigenvalue weighted by molar-refractivity contribution is 0.0378. The number of carboxylic acid groups (broad SMARTS) is 7. The summed E-state index contributed by atoms with van der Waals surface area (Å²) in [5, 5.41) is 105. The summed E-state index contributed by atoms with van der Waals surface area (Å²) in [5.41, 5.74) is -0.0277. The fraction of sp³-hybridized carbons (Fsp3) is 0.485. The van der Waals surface area contributed by atoms with Gasteiger partial charge in [-0.2, -0.15) is 0 Å². The van der Waals surface area contributed by atoms with Crippen molar-refractivity contribution in [3.8, 4) is 0 Å². The lowest BCUT2D eigenvalue weighted by Crippen LogP contribution is -2.47. The standard InChI is InChI=1S/C12H18N4O3.C11H16N4O3.C11H15N3O3.C10H14N4O2.C9H11N3O3.C8H11N3O3.C7H9N3O3/c17-12(18)10-8-11(15-9-14-10)13-2-1-3-16-4-6-19-7-5-16;16-6-5-14-1-3-15(4-2-14)10-7-9(11(17)18)12-8-13-10;15-6-8-1-3-14(4-2-8)10-5-9(11(16)17)12-7-13-10;1-13-2-4-14(5-3-13)9-6-8(10(15)16)11-7-12-9;13-9(14)7-5-8(11-6-10-7)12-1-3-15-4-2-12;12-3-1-2-9-7-4-6(8(13)14)10-5-11-7;11-2-1-8-6-3-5(7(12)13)9-4-10-6/h8-9H,1-7H2,(H,17,18)(H,13,14,15);7-8,16H,1-6H2,(H,17,18);5,7-8,15H,1-4,6H2,(H,16,17);6-7H,2-5H2,1H3,(H,15,16);5-6H,1-4H2,(H,13,14);4-5,12H,1-3H2,(H,13,14)(H,9,10,11);3-4,11H,1-2H2,(H,12,13)(H,8,9,10). The van der Waals surface area contributed by atoms with E-state index in [4.69, 9.17) is 65.6 Å². The number of nitrogens with zero attached hydrogens (tertiary/aromatic N) is 21. The summed E-state index contributed by atoms with van der Waals surface area (Å²) in [5.74, 6) is -2.99. The average molecular weight is 1570 g/mol. The largest absolute Gasteiger partial charge is 0.477 e. The maximum absolute atomic E-state index is 10.8. The van der Waals surface area contributed by atoms with Crippen LogP contribution < -0.4 is 35.6 Å². The molecule has 5 saturated heterocycles. The molecule has 0 radical (unpaired) electrons. The van der Waals surface area contributed by atoms with Gasteiger partial charge in [0.2, 0.25) is 0 Å². The van der Waals surface area contributed by atoms with Crippen LogP contribution in [0.4, 0.5) is 40.7 Å². The Morgan fingerprint density at radius 1 is 0.339 bits per heavy atom. The number of anilines is 7.